The molecule has 0 atom stereocenters. The van der Waals surface area contributed by atoms with Crippen LogP contribution in [0.4, 0.5) is 5.69 Å². The van der Waals surface area contributed by atoms with Gasteiger partial charge in [-0.05, 0) is 36.5 Å². The van der Waals surface area contributed by atoms with Crippen LogP contribution in [-0.2, 0) is 12.8 Å². The summed E-state index contributed by atoms with van der Waals surface area (Å²) in [7, 11) is 2.00. The molecule has 1 N–H and O–H groups in total. The molecule has 0 aromatic heterocycles. The Labute approximate surface area is 87.5 Å². The van der Waals surface area contributed by atoms with Crippen molar-refractivity contribution in [2.24, 2.45) is 0 Å². The molecule has 78 valence electrons. The lowest BCUT2D eigenvalue weighted by atomic mass is 9.98. The first kappa shape index (κ1) is 11.1. The molecule has 0 saturated carbocycles. The SMILES string of the molecule is CCCCc1c(CC)cccc1NC. The molecule has 0 fully saturated rings. The molecule has 1 aromatic carbocycles. The summed E-state index contributed by atoms with van der Waals surface area (Å²) in [6, 6.07) is 6.55. The fourth-order valence-corrected chi connectivity index (χ4v) is 1.85. The molecule has 1 nitrogen and oxygen atoms in total. The minimum absolute atomic E-state index is 1.13. The molecule has 1 aromatic rings. The number of anilines is 1. The number of benzene rings is 1. The minimum atomic E-state index is 1.13. The Morgan fingerprint density at radius 1 is 1.21 bits per heavy atom. The monoisotopic (exact) mass is 191 g/mol. The van der Waals surface area contributed by atoms with Crippen molar-refractivity contribution in [1.29, 1.82) is 0 Å². The van der Waals surface area contributed by atoms with Gasteiger partial charge in [0.2, 0.25) is 0 Å². The van der Waals surface area contributed by atoms with Crippen LogP contribution in [0.15, 0.2) is 18.2 Å². The van der Waals surface area contributed by atoms with E-state index in [9.17, 15) is 0 Å². The molecular weight excluding hydrogens is 170 g/mol. The second-order valence-corrected chi connectivity index (χ2v) is 3.65. The van der Waals surface area contributed by atoms with E-state index in [2.05, 4.69) is 37.4 Å². The second-order valence-electron chi connectivity index (χ2n) is 3.65. The Morgan fingerprint density at radius 3 is 2.57 bits per heavy atom. The first-order valence-electron chi connectivity index (χ1n) is 5.62. The average Bonchev–Trinajstić information content (AvgIpc) is 2.25. The fourth-order valence-electron chi connectivity index (χ4n) is 1.85. The first-order valence-corrected chi connectivity index (χ1v) is 5.62. The Morgan fingerprint density at radius 2 is 2.00 bits per heavy atom. The highest BCUT2D eigenvalue weighted by molar-refractivity contribution is 5.54. The van der Waals surface area contributed by atoms with E-state index < -0.39 is 0 Å². The summed E-state index contributed by atoms with van der Waals surface area (Å²) in [4.78, 5) is 0. The van der Waals surface area contributed by atoms with E-state index in [0.29, 0.717) is 0 Å². The maximum atomic E-state index is 3.28. The molecule has 0 aliphatic heterocycles. The van der Waals surface area contributed by atoms with E-state index in [-0.39, 0.29) is 0 Å². The van der Waals surface area contributed by atoms with Crippen LogP contribution >= 0.6 is 0 Å². The lowest BCUT2D eigenvalue weighted by Crippen LogP contribution is -2.00. The summed E-state index contributed by atoms with van der Waals surface area (Å²) in [6.07, 6.45) is 4.89. The van der Waals surface area contributed by atoms with Crippen LogP contribution in [0.25, 0.3) is 0 Å². The third kappa shape index (κ3) is 2.50. The van der Waals surface area contributed by atoms with E-state index in [1.807, 2.05) is 7.05 Å². The maximum absolute atomic E-state index is 3.28. The number of aryl methyl sites for hydroxylation is 1. The Balaban J connectivity index is 2.93. The van der Waals surface area contributed by atoms with Crippen LogP contribution in [0, 0.1) is 0 Å². The zero-order chi connectivity index (χ0) is 10.4. The average molecular weight is 191 g/mol. The summed E-state index contributed by atoms with van der Waals surface area (Å²) in [5.41, 5.74) is 4.31. The molecular formula is C13H21N. The zero-order valence-electron chi connectivity index (χ0n) is 9.56. The molecule has 0 bridgehead atoms. The molecule has 0 radical (unpaired) electrons. The number of unbranched alkanes of at least 4 members (excludes halogenated alkanes) is 1. The van der Waals surface area contributed by atoms with Gasteiger partial charge in [0.05, 0.1) is 0 Å². The zero-order valence-corrected chi connectivity index (χ0v) is 9.56. The lowest BCUT2D eigenvalue weighted by molar-refractivity contribution is 0.788. The maximum Gasteiger partial charge on any atom is 0.0372 e. The van der Waals surface area contributed by atoms with E-state index in [1.165, 1.54) is 36.1 Å². The van der Waals surface area contributed by atoms with Crippen molar-refractivity contribution >= 4 is 5.69 Å². The van der Waals surface area contributed by atoms with Gasteiger partial charge in [0.25, 0.3) is 0 Å². The summed E-state index contributed by atoms with van der Waals surface area (Å²) >= 11 is 0. The van der Waals surface area contributed by atoms with Gasteiger partial charge in [0, 0.05) is 12.7 Å². The van der Waals surface area contributed by atoms with Gasteiger partial charge in [-0.2, -0.15) is 0 Å². The highest BCUT2D eigenvalue weighted by Gasteiger charge is 2.04. The van der Waals surface area contributed by atoms with Gasteiger partial charge < -0.3 is 5.32 Å². The molecule has 14 heavy (non-hydrogen) atoms. The van der Waals surface area contributed by atoms with Gasteiger partial charge in [-0.15, -0.1) is 0 Å². The number of nitrogens with one attached hydrogen (secondary N) is 1. The first-order chi connectivity index (χ1) is 6.83. The third-order valence-electron chi connectivity index (χ3n) is 2.70. The topological polar surface area (TPSA) is 12.0 Å². The fraction of sp³-hybridized carbons (Fsp3) is 0.538. The third-order valence-corrected chi connectivity index (χ3v) is 2.70. The van der Waals surface area contributed by atoms with Gasteiger partial charge >= 0.3 is 0 Å². The van der Waals surface area contributed by atoms with Gasteiger partial charge in [-0.3, -0.25) is 0 Å². The van der Waals surface area contributed by atoms with Crippen molar-refractivity contribution in [3.05, 3.63) is 29.3 Å². The summed E-state index contributed by atoms with van der Waals surface area (Å²) in [6.45, 7) is 4.47. The van der Waals surface area contributed by atoms with Crippen LogP contribution in [0.3, 0.4) is 0 Å². The second kappa shape index (κ2) is 5.69. The van der Waals surface area contributed by atoms with E-state index in [1.54, 1.807) is 0 Å². The Bertz CT molecular complexity index is 256. The predicted molar refractivity (Wildman–Crippen MR) is 64.0 cm³/mol. The van der Waals surface area contributed by atoms with Crippen molar-refractivity contribution in [2.75, 3.05) is 12.4 Å². The van der Waals surface area contributed by atoms with E-state index in [0.717, 1.165) is 6.42 Å². The Hall–Kier alpha value is -0.980. The number of hydrogen-bond donors (Lipinski definition) is 1. The van der Waals surface area contributed by atoms with Gasteiger partial charge in [-0.1, -0.05) is 32.4 Å². The van der Waals surface area contributed by atoms with Crippen LogP contribution < -0.4 is 5.32 Å². The number of hydrogen-bond acceptors (Lipinski definition) is 1. The largest absolute Gasteiger partial charge is 0.388 e. The minimum Gasteiger partial charge on any atom is -0.388 e. The van der Waals surface area contributed by atoms with Gasteiger partial charge in [0.1, 0.15) is 0 Å². The molecule has 1 rings (SSSR count). The highest BCUT2D eigenvalue weighted by atomic mass is 14.8. The standard InChI is InChI=1S/C13H21N/c1-4-6-9-12-11(5-2)8-7-10-13(12)14-3/h7-8,10,14H,4-6,9H2,1-3H3. The molecule has 0 amide bonds. The van der Waals surface area contributed by atoms with E-state index in [4.69, 9.17) is 0 Å². The van der Waals surface area contributed by atoms with Crippen LogP contribution in [0.1, 0.15) is 37.8 Å². The normalized spacial score (nSPS) is 10.2. The van der Waals surface area contributed by atoms with Gasteiger partial charge in [0.15, 0.2) is 0 Å². The predicted octanol–water partition coefficient (Wildman–Crippen LogP) is 3.63. The van der Waals surface area contributed by atoms with E-state index >= 15 is 0 Å². The summed E-state index contributed by atoms with van der Waals surface area (Å²) < 4.78 is 0. The quantitative estimate of drug-likeness (QED) is 0.749. The summed E-state index contributed by atoms with van der Waals surface area (Å²) in [5.74, 6) is 0. The Kier molecular flexibility index (Phi) is 4.51. The van der Waals surface area contributed by atoms with Crippen molar-refractivity contribution in [3.8, 4) is 0 Å². The van der Waals surface area contributed by atoms with Crippen LogP contribution in [0.5, 0.6) is 0 Å². The smallest absolute Gasteiger partial charge is 0.0372 e. The lowest BCUT2D eigenvalue weighted by Gasteiger charge is -2.13. The number of rotatable bonds is 5. The van der Waals surface area contributed by atoms with Gasteiger partial charge in [-0.25, -0.2) is 0 Å². The van der Waals surface area contributed by atoms with Crippen LogP contribution in [0.2, 0.25) is 0 Å². The molecule has 1 heteroatoms. The molecule has 0 spiro atoms. The molecule has 0 heterocycles. The van der Waals surface area contributed by atoms with Crippen molar-refractivity contribution in [2.45, 2.75) is 39.5 Å². The van der Waals surface area contributed by atoms with Crippen LogP contribution in [-0.4, -0.2) is 7.05 Å². The molecule has 0 aliphatic carbocycles. The molecule has 0 aliphatic rings. The molecule has 0 unspecified atom stereocenters. The molecule has 0 saturated heterocycles. The van der Waals surface area contributed by atoms with Crippen molar-refractivity contribution in [1.82, 2.24) is 0 Å². The summed E-state index contributed by atoms with van der Waals surface area (Å²) in [5, 5.41) is 3.28. The highest BCUT2D eigenvalue weighted by Crippen LogP contribution is 2.22. The van der Waals surface area contributed by atoms with Crippen molar-refractivity contribution < 1.29 is 0 Å². The van der Waals surface area contributed by atoms with Crippen molar-refractivity contribution in [3.63, 3.8) is 0 Å².